The Kier molecular flexibility index (Phi) is 3.35. The quantitative estimate of drug-likeness (QED) is 0.695. The van der Waals surface area contributed by atoms with Crippen LogP contribution in [0.5, 0.6) is 0 Å². The maximum atomic E-state index is 11.3. The van der Waals surface area contributed by atoms with Gasteiger partial charge in [-0.1, -0.05) is 6.42 Å². The first-order chi connectivity index (χ1) is 5.96. The molecule has 2 atom stereocenters. The van der Waals surface area contributed by atoms with E-state index in [1.165, 1.54) is 12.7 Å². The van der Waals surface area contributed by atoms with Crippen molar-refractivity contribution >= 4 is 9.84 Å². The van der Waals surface area contributed by atoms with E-state index < -0.39 is 9.84 Å². The number of hydrogen-bond acceptors (Lipinski definition) is 3. The highest BCUT2D eigenvalue weighted by Crippen LogP contribution is 2.33. The molecule has 4 heteroatoms. The van der Waals surface area contributed by atoms with Crippen LogP contribution in [-0.4, -0.2) is 33.1 Å². The Bertz CT molecular complexity index is 254. The number of methoxy groups -OCH3 is 1. The molecule has 0 bridgehead atoms. The van der Waals surface area contributed by atoms with Crippen LogP contribution in [-0.2, 0) is 14.6 Å². The zero-order valence-corrected chi connectivity index (χ0v) is 9.30. The molecule has 0 heterocycles. The van der Waals surface area contributed by atoms with Crippen molar-refractivity contribution in [2.75, 3.05) is 13.4 Å². The number of sulfone groups is 1. The lowest BCUT2D eigenvalue weighted by Gasteiger charge is -2.35. The molecular weight excluding hydrogens is 188 g/mol. The summed E-state index contributed by atoms with van der Waals surface area (Å²) in [7, 11) is -1.36. The fourth-order valence-electron chi connectivity index (χ4n) is 1.78. The molecule has 0 aromatic rings. The Labute approximate surface area is 80.4 Å². The maximum Gasteiger partial charge on any atom is 0.152 e. The second-order valence-corrected chi connectivity index (χ2v) is 6.33. The van der Waals surface area contributed by atoms with E-state index in [1.54, 1.807) is 14.0 Å². The lowest BCUT2D eigenvalue weighted by Crippen LogP contribution is -2.41. The minimum Gasteiger partial charge on any atom is -0.380 e. The van der Waals surface area contributed by atoms with E-state index in [1.807, 2.05) is 0 Å². The van der Waals surface area contributed by atoms with Crippen molar-refractivity contribution in [1.82, 2.24) is 0 Å². The van der Waals surface area contributed by atoms with E-state index >= 15 is 0 Å². The zero-order chi connectivity index (χ0) is 10.1. The summed E-state index contributed by atoms with van der Waals surface area (Å²) >= 11 is 0. The first-order valence-electron chi connectivity index (χ1n) is 4.68. The van der Waals surface area contributed by atoms with E-state index in [0.717, 1.165) is 12.8 Å². The summed E-state index contributed by atoms with van der Waals surface area (Å²) in [6.45, 7) is 1.74. The molecule has 0 radical (unpaired) electrons. The molecule has 0 N–H and O–H groups in total. The summed E-state index contributed by atoms with van der Waals surface area (Å²) in [4.78, 5) is 0. The van der Waals surface area contributed by atoms with Crippen molar-refractivity contribution in [1.29, 1.82) is 0 Å². The Hall–Kier alpha value is -0.0900. The highest BCUT2D eigenvalue weighted by molar-refractivity contribution is 7.91. The first kappa shape index (κ1) is 11.0. The van der Waals surface area contributed by atoms with Gasteiger partial charge >= 0.3 is 0 Å². The number of hydrogen-bond donors (Lipinski definition) is 0. The highest BCUT2D eigenvalue weighted by Gasteiger charge is 2.35. The predicted octanol–water partition coefficient (Wildman–Crippen LogP) is 1.23. The van der Waals surface area contributed by atoms with E-state index in [0.29, 0.717) is 5.92 Å². The average Bonchev–Trinajstić information content (AvgIpc) is 1.93. The molecule has 1 rings (SSSR count). The molecule has 0 spiro atoms. The fourth-order valence-corrected chi connectivity index (χ4v) is 2.60. The predicted molar refractivity (Wildman–Crippen MR) is 52.4 cm³/mol. The van der Waals surface area contributed by atoms with Gasteiger partial charge in [-0.05, 0) is 25.7 Å². The van der Waals surface area contributed by atoms with Crippen molar-refractivity contribution in [3.8, 4) is 0 Å². The summed E-state index contributed by atoms with van der Waals surface area (Å²) in [5, 5.41) is -0.372. The fraction of sp³-hybridized carbons (Fsp3) is 1.00. The third-order valence-corrected chi connectivity index (χ3v) is 4.64. The van der Waals surface area contributed by atoms with Gasteiger partial charge in [-0.2, -0.15) is 0 Å². The topological polar surface area (TPSA) is 43.4 Å². The van der Waals surface area contributed by atoms with Gasteiger partial charge in [0.05, 0.1) is 11.4 Å². The second-order valence-electron chi connectivity index (χ2n) is 3.93. The van der Waals surface area contributed by atoms with Crippen LogP contribution in [0.4, 0.5) is 0 Å². The van der Waals surface area contributed by atoms with Crippen LogP contribution in [0.3, 0.4) is 0 Å². The third kappa shape index (κ3) is 2.44. The van der Waals surface area contributed by atoms with Crippen molar-refractivity contribution < 1.29 is 13.2 Å². The summed E-state index contributed by atoms with van der Waals surface area (Å²) in [6.07, 6.45) is 4.60. The maximum absolute atomic E-state index is 11.3. The van der Waals surface area contributed by atoms with Gasteiger partial charge in [0.2, 0.25) is 0 Å². The van der Waals surface area contributed by atoms with Gasteiger partial charge in [0.1, 0.15) is 0 Å². The normalized spacial score (nSPS) is 23.6. The summed E-state index contributed by atoms with van der Waals surface area (Å²) in [6, 6.07) is 0. The van der Waals surface area contributed by atoms with Crippen LogP contribution in [0.15, 0.2) is 0 Å². The average molecular weight is 206 g/mol. The first-order valence-corrected chi connectivity index (χ1v) is 6.64. The Morgan fingerprint density at radius 1 is 1.38 bits per heavy atom. The molecule has 0 aliphatic heterocycles. The van der Waals surface area contributed by atoms with Crippen molar-refractivity contribution in [2.24, 2.45) is 5.92 Å². The van der Waals surface area contributed by atoms with Gasteiger partial charge in [-0.3, -0.25) is 0 Å². The van der Waals surface area contributed by atoms with Gasteiger partial charge in [-0.15, -0.1) is 0 Å². The highest BCUT2D eigenvalue weighted by atomic mass is 32.2. The SMILES string of the molecule is CO[C@H](C1CCC1)[C@@H](C)S(C)(=O)=O. The van der Waals surface area contributed by atoms with Crippen LogP contribution in [0.2, 0.25) is 0 Å². The van der Waals surface area contributed by atoms with E-state index in [9.17, 15) is 8.42 Å². The smallest absolute Gasteiger partial charge is 0.152 e. The van der Waals surface area contributed by atoms with Crippen molar-refractivity contribution in [3.05, 3.63) is 0 Å². The van der Waals surface area contributed by atoms with E-state index in [2.05, 4.69) is 0 Å². The lowest BCUT2D eigenvalue weighted by atomic mass is 9.80. The molecular formula is C9H18O3S. The minimum atomic E-state index is -2.96. The van der Waals surface area contributed by atoms with Crippen molar-refractivity contribution in [3.63, 3.8) is 0 Å². The summed E-state index contributed by atoms with van der Waals surface area (Å²) in [5.41, 5.74) is 0. The molecule has 13 heavy (non-hydrogen) atoms. The van der Waals surface area contributed by atoms with Gasteiger partial charge in [0, 0.05) is 13.4 Å². The standard InChI is InChI=1S/C9H18O3S/c1-7(13(3,10)11)9(12-2)8-5-4-6-8/h7-9H,4-6H2,1-3H3/t7-,9+/m1/s1. The molecule has 0 aromatic carbocycles. The molecule has 0 amide bonds. The molecule has 0 aromatic heterocycles. The molecule has 1 aliphatic carbocycles. The minimum absolute atomic E-state index is 0.108. The van der Waals surface area contributed by atoms with E-state index in [-0.39, 0.29) is 11.4 Å². The summed E-state index contributed by atoms with van der Waals surface area (Å²) in [5.74, 6) is 0.453. The Morgan fingerprint density at radius 2 is 1.92 bits per heavy atom. The zero-order valence-electron chi connectivity index (χ0n) is 8.49. The second kappa shape index (κ2) is 3.96. The van der Waals surface area contributed by atoms with E-state index in [4.69, 9.17) is 4.74 Å². The van der Waals surface area contributed by atoms with Gasteiger partial charge in [-0.25, -0.2) is 8.42 Å². The number of ether oxygens (including phenoxy) is 1. The molecule has 0 saturated heterocycles. The van der Waals surface area contributed by atoms with Crippen LogP contribution in [0.25, 0.3) is 0 Å². The monoisotopic (exact) mass is 206 g/mol. The third-order valence-electron chi connectivity index (χ3n) is 3.02. The van der Waals surface area contributed by atoms with Crippen LogP contribution >= 0.6 is 0 Å². The van der Waals surface area contributed by atoms with Crippen molar-refractivity contribution in [2.45, 2.75) is 37.5 Å². The number of rotatable bonds is 4. The molecule has 0 unspecified atom stereocenters. The Morgan fingerprint density at radius 3 is 2.15 bits per heavy atom. The van der Waals surface area contributed by atoms with Crippen LogP contribution in [0, 0.1) is 5.92 Å². The summed E-state index contributed by atoms with van der Waals surface area (Å²) < 4.78 is 27.9. The molecule has 78 valence electrons. The molecule has 1 aliphatic rings. The lowest BCUT2D eigenvalue weighted by molar-refractivity contribution is 0.0194. The molecule has 1 saturated carbocycles. The van der Waals surface area contributed by atoms with Gasteiger partial charge in [0.25, 0.3) is 0 Å². The largest absolute Gasteiger partial charge is 0.380 e. The van der Waals surface area contributed by atoms with Gasteiger partial charge < -0.3 is 4.74 Å². The Balaban J connectivity index is 2.65. The molecule has 3 nitrogen and oxygen atoms in total. The van der Waals surface area contributed by atoms with Crippen LogP contribution in [0.1, 0.15) is 26.2 Å². The molecule has 1 fully saturated rings. The van der Waals surface area contributed by atoms with Gasteiger partial charge in [0.15, 0.2) is 9.84 Å². The van der Waals surface area contributed by atoms with Crippen LogP contribution < -0.4 is 0 Å².